The smallest absolute Gasteiger partial charge is 0.208 e. The van der Waals surface area contributed by atoms with Crippen LogP contribution in [0.25, 0.3) is 0 Å². The van der Waals surface area contributed by atoms with Crippen molar-refractivity contribution in [2.45, 2.75) is 45.6 Å². The van der Waals surface area contributed by atoms with Gasteiger partial charge >= 0.3 is 0 Å². The van der Waals surface area contributed by atoms with Crippen LogP contribution >= 0.6 is 0 Å². The molecule has 1 aromatic rings. The molecule has 0 fully saturated rings. The zero-order valence-electron chi connectivity index (χ0n) is 13.4. The molecule has 1 unspecified atom stereocenters. The van der Waals surface area contributed by atoms with Crippen LogP contribution in [0.4, 0.5) is 0 Å². The van der Waals surface area contributed by atoms with Gasteiger partial charge in [0, 0.05) is 12.6 Å². The van der Waals surface area contributed by atoms with Gasteiger partial charge in [-0.3, -0.25) is 0 Å². The highest BCUT2D eigenvalue weighted by molar-refractivity contribution is 7.88. The summed E-state index contributed by atoms with van der Waals surface area (Å²) in [6, 6.07) is 9.04. The van der Waals surface area contributed by atoms with Crippen molar-refractivity contribution >= 4 is 10.0 Å². The van der Waals surface area contributed by atoms with E-state index in [1.54, 1.807) is 0 Å². The van der Waals surface area contributed by atoms with Gasteiger partial charge in [-0.25, -0.2) is 13.1 Å². The van der Waals surface area contributed by atoms with Crippen molar-refractivity contribution in [2.75, 3.05) is 19.3 Å². The standard InChI is InChI=1S/C16H28N2O2S/c1-4-5-7-15-8-10-16(11-9-15)14(2)17-12-6-13-18-21(3,19)20/h8-11,14,17-18H,4-7,12-13H2,1-3H3. The summed E-state index contributed by atoms with van der Waals surface area (Å²) < 4.78 is 24.3. The van der Waals surface area contributed by atoms with E-state index >= 15 is 0 Å². The zero-order valence-corrected chi connectivity index (χ0v) is 14.2. The van der Waals surface area contributed by atoms with Gasteiger partial charge in [0.05, 0.1) is 6.26 Å². The summed E-state index contributed by atoms with van der Waals surface area (Å²) in [4.78, 5) is 0. The maximum Gasteiger partial charge on any atom is 0.208 e. The summed E-state index contributed by atoms with van der Waals surface area (Å²) in [6.07, 6.45) is 5.58. The number of hydrogen-bond donors (Lipinski definition) is 2. The van der Waals surface area contributed by atoms with Crippen LogP contribution in [-0.2, 0) is 16.4 Å². The number of sulfonamides is 1. The molecule has 0 bridgehead atoms. The molecule has 0 aliphatic carbocycles. The zero-order chi connectivity index (χ0) is 15.7. The molecular weight excluding hydrogens is 284 g/mol. The van der Waals surface area contributed by atoms with E-state index < -0.39 is 10.0 Å². The monoisotopic (exact) mass is 312 g/mol. The van der Waals surface area contributed by atoms with E-state index in [1.807, 2.05) is 0 Å². The maximum absolute atomic E-state index is 10.9. The van der Waals surface area contributed by atoms with Crippen molar-refractivity contribution in [1.82, 2.24) is 10.0 Å². The van der Waals surface area contributed by atoms with Gasteiger partial charge in [0.1, 0.15) is 0 Å². The molecule has 0 spiro atoms. The number of hydrogen-bond acceptors (Lipinski definition) is 3. The molecule has 0 heterocycles. The fraction of sp³-hybridized carbons (Fsp3) is 0.625. The lowest BCUT2D eigenvalue weighted by Crippen LogP contribution is -2.27. The second-order valence-corrected chi connectivity index (χ2v) is 7.37. The number of nitrogens with one attached hydrogen (secondary N) is 2. The molecule has 0 saturated heterocycles. The average molecular weight is 312 g/mol. The third kappa shape index (κ3) is 8.19. The summed E-state index contributed by atoms with van der Waals surface area (Å²) >= 11 is 0. The van der Waals surface area contributed by atoms with Gasteiger partial charge in [-0.15, -0.1) is 0 Å². The molecule has 21 heavy (non-hydrogen) atoms. The molecule has 0 aromatic heterocycles. The SMILES string of the molecule is CCCCc1ccc(C(C)NCCCNS(C)(=O)=O)cc1. The van der Waals surface area contributed by atoms with E-state index in [2.05, 4.69) is 48.2 Å². The predicted molar refractivity (Wildman–Crippen MR) is 88.9 cm³/mol. The quantitative estimate of drug-likeness (QED) is 0.653. The molecule has 0 saturated carbocycles. The van der Waals surface area contributed by atoms with Crippen molar-refractivity contribution in [3.05, 3.63) is 35.4 Å². The molecule has 0 amide bonds. The van der Waals surface area contributed by atoms with Gasteiger partial charge in [0.2, 0.25) is 10.0 Å². The van der Waals surface area contributed by atoms with E-state index in [1.165, 1.54) is 30.2 Å². The van der Waals surface area contributed by atoms with Crippen molar-refractivity contribution in [3.8, 4) is 0 Å². The Morgan fingerprint density at radius 1 is 1.10 bits per heavy atom. The third-order valence-corrected chi connectivity index (χ3v) is 4.20. The highest BCUT2D eigenvalue weighted by Crippen LogP contribution is 2.14. The maximum atomic E-state index is 10.9. The van der Waals surface area contributed by atoms with E-state index in [4.69, 9.17) is 0 Å². The van der Waals surface area contributed by atoms with Gasteiger partial charge in [-0.1, -0.05) is 37.6 Å². The van der Waals surface area contributed by atoms with E-state index in [0.29, 0.717) is 6.54 Å². The first kappa shape index (κ1) is 18.1. The Bertz CT molecular complexity index is 498. The van der Waals surface area contributed by atoms with Gasteiger partial charge in [0.25, 0.3) is 0 Å². The van der Waals surface area contributed by atoms with Crippen LogP contribution in [0, 0.1) is 0 Å². The molecule has 1 rings (SSSR count). The molecular formula is C16H28N2O2S. The summed E-state index contributed by atoms with van der Waals surface area (Å²) in [5.41, 5.74) is 2.66. The molecule has 2 N–H and O–H groups in total. The molecule has 1 atom stereocenters. The minimum Gasteiger partial charge on any atom is -0.310 e. The number of rotatable bonds is 10. The van der Waals surface area contributed by atoms with Crippen LogP contribution in [0.2, 0.25) is 0 Å². The molecule has 5 heteroatoms. The van der Waals surface area contributed by atoms with E-state index in [0.717, 1.165) is 19.4 Å². The minimum atomic E-state index is -3.07. The highest BCUT2D eigenvalue weighted by Gasteiger charge is 2.05. The Hall–Kier alpha value is -0.910. The van der Waals surface area contributed by atoms with Gasteiger partial charge in [-0.05, 0) is 43.9 Å². The first-order chi connectivity index (χ1) is 9.92. The Balaban J connectivity index is 2.30. The summed E-state index contributed by atoms with van der Waals surface area (Å²) in [7, 11) is -3.07. The topological polar surface area (TPSA) is 58.2 Å². The Morgan fingerprint density at radius 2 is 1.76 bits per heavy atom. The van der Waals surface area contributed by atoms with Gasteiger partial charge < -0.3 is 5.32 Å². The average Bonchev–Trinajstić information content (AvgIpc) is 2.44. The minimum absolute atomic E-state index is 0.281. The Labute approximate surface area is 129 Å². The van der Waals surface area contributed by atoms with Crippen molar-refractivity contribution in [1.29, 1.82) is 0 Å². The van der Waals surface area contributed by atoms with Crippen molar-refractivity contribution in [2.24, 2.45) is 0 Å². The summed E-state index contributed by atoms with van der Waals surface area (Å²) in [5.74, 6) is 0. The van der Waals surface area contributed by atoms with Gasteiger partial charge in [-0.2, -0.15) is 0 Å². The lowest BCUT2D eigenvalue weighted by molar-refractivity contribution is 0.548. The van der Waals surface area contributed by atoms with Crippen LogP contribution in [-0.4, -0.2) is 27.8 Å². The van der Waals surface area contributed by atoms with Crippen LogP contribution in [0.15, 0.2) is 24.3 Å². The molecule has 1 aromatic carbocycles. The number of benzene rings is 1. The fourth-order valence-corrected chi connectivity index (χ4v) is 2.65. The second-order valence-electron chi connectivity index (χ2n) is 5.54. The first-order valence-corrected chi connectivity index (χ1v) is 9.58. The predicted octanol–water partition coefficient (Wildman–Crippen LogP) is 2.62. The lowest BCUT2D eigenvalue weighted by Gasteiger charge is -2.15. The largest absolute Gasteiger partial charge is 0.310 e. The van der Waals surface area contributed by atoms with Crippen LogP contribution in [0.3, 0.4) is 0 Å². The summed E-state index contributed by atoms with van der Waals surface area (Å²) in [6.45, 7) is 5.61. The van der Waals surface area contributed by atoms with Gasteiger partial charge in [0.15, 0.2) is 0 Å². The molecule has 0 radical (unpaired) electrons. The molecule has 4 nitrogen and oxygen atoms in total. The van der Waals surface area contributed by atoms with Crippen LogP contribution in [0.5, 0.6) is 0 Å². The normalized spacial score (nSPS) is 13.3. The second kappa shape index (κ2) is 9.18. The summed E-state index contributed by atoms with van der Waals surface area (Å²) in [5, 5.41) is 3.41. The fourth-order valence-electron chi connectivity index (χ4n) is 2.14. The van der Waals surface area contributed by atoms with Crippen molar-refractivity contribution in [3.63, 3.8) is 0 Å². The molecule has 0 aliphatic rings. The van der Waals surface area contributed by atoms with E-state index in [-0.39, 0.29) is 6.04 Å². The van der Waals surface area contributed by atoms with Crippen LogP contribution < -0.4 is 10.0 Å². The molecule has 0 aliphatic heterocycles. The Morgan fingerprint density at radius 3 is 2.33 bits per heavy atom. The Kier molecular flexibility index (Phi) is 7.93. The van der Waals surface area contributed by atoms with E-state index in [9.17, 15) is 8.42 Å². The number of aryl methyl sites for hydroxylation is 1. The van der Waals surface area contributed by atoms with Crippen LogP contribution in [0.1, 0.15) is 50.3 Å². The third-order valence-electron chi connectivity index (χ3n) is 3.47. The lowest BCUT2D eigenvalue weighted by atomic mass is 10.0. The highest BCUT2D eigenvalue weighted by atomic mass is 32.2. The first-order valence-electron chi connectivity index (χ1n) is 7.69. The van der Waals surface area contributed by atoms with Crippen molar-refractivity contribution < 1.29 is 8.42 Å². The number of unbranched alkanes of at least 4 members (excludes halogenated alkanes) is 1. The molecule has 120 valence electrons.